The highest BCUT2D eigenvalue weighted by Crippen LogP contribution is 2.34. The summed E-state index contributed by atoms with van der Waals surface area (Å²) in [5.41, 5.74) is -0.729. The predicted molar refractivity (Wildman–Crippen MR) is 78.0 cm³/mol. The van der Waals surface area contributed by atoms with Gasteiger partial charge in [-0.25, -0.2) is 4.39 Å². The second-order valence-electron chi connectivity index (χ2n) is 6.05. The lowest BCUT2D eigenvalue weighted by atomic mass is 10.00. The second-order valence-corrected chi connectivity index (χ2v) is 6.05. The van der Waals surface area contributed by atoms with Crippen LogP contribution in [0.15, 0.2) is 18.2 Å². The van der Waals surface area contributed by atoms with Crippen molar-refractivity contribution in [1.82, 2.24) is 10.2 Å². The van der Waals surface area contributed by atoms with Gasteiger partial charge in [-0.1, -0.05) is 6.07 Å². The highest BCUT2D eigenvalue weighted by atomic mass is 19.4. The molecule has 0 aliphatic carbocycles. The Labute approximate surface area is 128 Å². The molecular formula is C16H22F4N2. The molecule has 1 aliphatic rings. The summed E-state index contributed by atoms with van der Waals surface area (Å²) in [6.07, 6.45) is -2.70. The van der Waals surface area contributed by atoms with E-state index in [9.17, 15) is 17.6 Å². The van der Waals surface area contributed by atoms with Crippen LogP contribution in [-0.4, -0.2) is 30.1 Å². The Kier molecular flexibility index (Phi) is 5.45. The molecule has 0 spiro atoms. The van der Waals surface area contributed by atoms with Gasteiger partial charge in [-0.3, -0.25) is 4.90 Å². The van der Waals surface area contributed by atoms with Gasteiger partial charge in [-0.15, -0.1) is 0 Å². The number of hydrogen-bond donors (Lipinski definition) is 1. The summed E-state index contributed by atoms with van der Waals surface area (Å²) in [5.74, 6) is -0.853. The minimum atomic E-state index is -4.53. The lowest BCUT2D eigenvalue weighted by molar-refractivity contribution is -0.138. The molecule has 0 bridgehead atoms. The molecule has 1 aromatic carbocycles. The van der Waals surface area contributed by atoms with E-state index in [0.29, 0.717) is 6.07 Å². The lowest BCUT2D eigenvalue weighted by Gasteiger charge is -2.38. The molecule has 2 nitrogen and oxygen atoms in total. The maximum absolute atomic E-state index is 13.2. The first-order valence-corrected chi connectivity index (χ1v) is 7.61. The Hall–Kier alpha value is -1.14. The first-order valence-electron chi connectivity index (χ1n) is 7.61. The third-order valence-electron chi connectivity index (χ3n) is 4.17. The van der Waals surface area contributed by atoms with Crippen LogP contribution >= 0.6 is 0 Å². The monoisotopic (exact) mass is 318 g/mol. The van der Waals surface area contributed by atoms with Crippen LogP contribution in [0.25, 0.3) is 0 Å². The van der Waals surface area contributed by atoms with Crippen LogP contribution in [0.2, 0.25) is 0 Å². The zero-order chi connectivity index (χ0) is 16.3. The van der Waals surface area contributed by atoms with Crippen LogP contribution in [0.5, 0.6) is 0 Å². The Bertz CT molecular complexity index is 493. The molecule has 1 N–H and O–H groups in total. The Morgan fingerprint density at radius 2 is 1.86 bits per heavy atom. The van der Waals surface area contributed by atoms with Gasteiger partial charge in [0, 0.05) is 18.6 Å². The van der Waals surface area contributed by atoms with Crippen molar-refractivity contribution in [3.8, 4) is 0 Å². The summed E-state index contributed by atoms with van der Waals surface area (Å²) < 4.78 is 52.6. The largest absolute Gasteiger partial charge is 0.416 e. The third kappa shape index (κ3) is 4.20. The van der Waals surface area contributed by atoms with E-state index in [2.05, 4.69) is 10.2 Å². The van der Waals surface area contributed by atoms with Crippen molar-refractivity contribution in [2.24, 2.45) is 0 Å². The molecule has 124 valence electrons. The van der Waals surface area contributed by atoms with Crippen molar-refractivity contribution in [3.05, 3.63) is 35.1 Å². The van der Waals surface area contributed by atoms with Gasteiger partial charge in [0.2, 0.25) is 0 Å². The number of piperidine rings is 1. The van der Waals surface area contributed by atoms with E-state index < -0.39 is 17.6 Å². The molecule has 22 heavy (non-hydrogen) atoms. The van der Waals surface area contributed by atoms with E-state index in [0.717, 1.165) is 32.0 Å². The van der Waals surface area contributed by atoms with Crippen molar-refractivity contribution in [2.45, 2.75) is 51.5 Å². The van der Waals surface area contributed by atoms with Gasteiger partial charge in [-0.2, -0.15) is 13.2 Å². The summed E-state index contributed by atoms with van der Waals surface area (Å²) in [6.45, 7) is 5.92. The highest BCUT2D eigenvalue weighted by Gasteiger charge is 2.35. The molecule has 1 heterocycles. The molecule has 0 aromatic heterocycles. The molecular weight excluding hydrogens is 296 g/mol. The van der Waals surface area contributed by atoms with Gasteiger partial charge < -0.3 is 5.32 Å². The van der Waals surface area contributed by atoms with Gasteiger partial charge in [0.15, 0.2) is 0 Å². The van der Waals surface area contributed by atoms with Crippen LogP contribution in [0.1, 0.15) is 37.8 Å². The topological polar surface area (TPSA) is 15.3 Å². The summed E-state index contributed by atoms with van der Waals surface area (Å²) >= 11 is 0. The Morgan fingerprint density at radius 1 is 1.23 bits per heavy atom. The van der Waals surface area contributed by atoms with Crippen molar-refractivity contribution < 1.29 is 17.6 Å². The molecule has 1 fully saturated rings. The van der Waals surface area contributed by atoms with E-state index in [-0.39, 0.29) is 24.2 Å². The molecule has 2 rings (SSSR count). The van der Waals surface area contributed by atoms with Crippen LogP contribution in [0, 0.1) is 5.82 Å². The van der Waals surface area contributed by atoms with Crippen molar-refractivity contribution in [3.63, 3.8) is 0 Å². The molecule has 0 radical (unpaired) electrons. The summed E-state index contributed by atoms with van der Waals surface area (Å²) in [7, 11) is 0. The lowest BCUT2D eigenvalue weighted by Crippen LogP contribution is -2.46. The van der Waals surface area contributed by atoms with Gasteiger partial charge >= 0.3 is 6.18 Å². The number of nitrogens with one attached hydrogen (secondary N) is 1. The molecule has 1 aromatic rings. The fourth-order valence-corrected chi connectivity index (χ4v) is 3.02. The van der Waals surface area contributed by atoms with E-state index in [1.807, 2.05) is 13.8 Å². The Balaban J connectivity index is 2.26. The molecule has 0 amide bonds. The molecule has 1 saturated heterocycles. The predicted octanol–water partition coefficient (Wildman–Crippen LogP) is 3.81. The standard InChI is InChI=1S/C16H22F4N2/c1-11(2)22(14-5-7-21-8-6-14)10-12-3-4-13(17)9-15(12)16(18,19)20/h3-4,9,11,14,21H,5-8,10H2,1-2H3. The fraction of sp³-hybridized carbons (Fsp3) is 0.625. The van der Waals surface area contributed by atoms with E-state index in [1.54, 1.807) is 0 Å². The van der Waals surface area contributed by atoms with Crippen LogP contribution < -0.4 is 5.32 Å². The highest BCUT2D eigenvalue weighted by molar-refractivity contribution is 5.30. The smallest absolute Gasteiger partial charge is 0.317 e. The SMILES string of the molecule is CC(C)N(Cc1ccc(F)cc1C(F)(F)F)C1CCNCC1. The van der Waals surface area contributed by atoms with Crippen molar-refractivity contribution >= 4 is 0 Å². The summed E-state index contributed by atoms with van der Waals surface area (Å²) in [5, 5.41) is 3.26. The van der Waals surface area contributed by atoms with Gasteiger partial charge in [0.1, 0.15) is 5.82 Å². The molecule has 0 saturated carbocycles. The summed E-state index contributed by atoms with van der Waals surface area (Å²) in [4.78, 5) is 2.09. The zero-order valence-electron chi connectivity index (χ0n) is 12.9. The average molecular weight is 318 g/mol. The number of halogens is 4. The van der Waals surface area contributed by atoms with Crippen LogP contribution in [0.4, 0.5) is 17.6 Å². The van der Waals surface area contributed by atoms with E-state index in [1.165, 1.54) is 6.07 Å². The maximum Gasteiger partial charge on any atom is 0.416 e. The molecule has 1 aliphatic heterocycles. The first kappa shape index (κ1) is 17.2. The minimum Gasteiger partial charge on any atom is -0.317 e. The van der Waals surface area contributed by atoms with Gasteiger partial charge in [0.25, 0.3) is 0 Å². The quantitative estimate of drug-likeness (QED) is 0.849. The first-order chi connectivity index (χ1) is 10.3. The van der Waals surface area contributed by atoms with Crippen LogP contribution in [0.3, 0.4) is 0 Å². The molecule has 0 unspecified atom stereocenters. The fourth-order valence-electron chi connectivity index (χ4n) is 3.02. The molecule has 6 heteroatoms. The number of benzene rings is 1. The summed E-state index contributed by atoms with van der Waals surface area (Å²) in [6, 6.07) is 3.35. The zero-order valence-corrected chi connectivity index (χ0v) is 12.9. The Morgan fingerprint density at radius 3 is 2.41 bits per heavy atom. The number of hydrogen-bond acceptors (Lipinski definition) is 2. The van der Waals surface area contributed by atoms with Gasteiger partial charge in [-0.05, 0) is 57.5 Å². The minimum absolute atomic E-state index is 0.134. The van der Waals surface area contributed by atoms with Gasteiger partial charge in [0.05, 0.1) is 5.56 Å². The number of rotatable bonds is 4. The third-order valence-corrected chi connectivity index (χ3v) is 4.17. The van der Waals surface area contributed by atoms with Crippen molar-refractivity contribution in [1.29, 1.82) is 0 Å². The number of alkyl halides is 3. The van der Waals surface area contributed by atoms with E-state index in [4.69, 9.17) is 0 Å². The number of nitrogens with zero attached hydrogens (tertiary/aromatic N) is 1. The normalized spacial score (nSPS) is 17.5. The maximum atomic E-state index is 13.2. The van der Waals surface area contributed by atoms with Crippen LogP contribution in [-0.2, 0) is 12.7 Å². The molecule has 0 atom stereocenters. The average Bonchev–Trinajstić information content (AvgIpc) is 2.45. The van der Waals surface area contributed by atoms with Crippen molar-refractivity contribution in [2.75, 3.05) is 13.1 Å². The van der Waals surface area contributed by atoms with E-state index >= 15 is 0 Å². The second kappa shape index (κ2) is 6.96.